The van der Waals surface area contributed by atoms with Crippen LogP contribution in [0.1, 0.15) is 0 Å². The predicted molar refractivity (Wildman–Crippen MR) is 111 cm³/mol. The summed E-state index contributed by atoms with van der Waals surface area (Å²) in [5.74, 6) is 9.59. The van der Waals surface area contributed by atoms with Crippen molar-refractivity contribution in [2.24, 2.45) is 0 Å². The molecule has 0 aromatic rings. The Hall–Kier alpha value is 1.02. The molecule has 3 nitrogen and oxygen atoms in total. The van der Waals surface area contributed by atoms with Crippen molar-refractivity contribution in [3.8, 4) is 0 Å². The van der Waals surface area contributed by atoms with E-state index in [9.17, 15) is 0 Å². The highest BCUT2D eigenvalue weighted by molar-refractivity contribution is 8.05. The lowest BCUT2D eigenvalue weighted by atomic mass is 10.4. The van der Waals surface area contributed by atoms with E-state index in [1.165, 1.54) is 34.5 Å². The zero-order valence-corrected chi connectivity index (χ0v) is 17.2. The first kappa shape index (κ1) is 22.1. The van der Waals surface area contributed by atoms with Crippen molar-refractivity contribution in [1.29, 1.82) is 0 Å². The minimum Gasteiger partial charge on any atom is -0.378 e. The van der Waals surface area contributed by atoms with Crippen LogP contribution in [0.25, 0.3) is 0 Å². The molecule has 0 spiro atoms. The van der Waals surface area contributed by atoms with E-state index in [0.717, 1.165) is 24.7 Å². The van der Waals surface area contributed by atoms with Crippen molar-refractivity contribution in [2.45, 2.75) is 6.10 Å². The van der Waals surface area contributed by atoms with Crippen LogP contribution in [0.3, 0.4) is 0 Å². The highest BCUT2D eigenvalue weighted by atomic mass is 32.2. The van der Waals surface area contributed by atoms with E-state index in [-0.39, 0.29) is 6.10 Å². The van der Waals surface area contributed by atoms with Crippen molar-refractivity contribution in [1.82, 2.24) is 0 Å². The average Bonchev–Trinajstić information content (AvgIpc) is 2.56. The van der Waals surface area contributed by atoms with Crippen LogP contribution in [-0.2, 0) is 14.2 Å². The minimum absolute atomic E-state index is 0.0318. The van der Waals surface area contributed by atoms with Crippen LogP contribution < -0.4 is 0 Å². The first-order chi connectivity index (χ1) is 11.4. The molecule has 0 aromatic heterocycles. The first-order valence-corrected chi connectivity index (χ1v) is 12.7. The van der Waals surface area contributed by atoms with Gasteiger partial charge in [-0.15, -0.1) is 6.58 Å². The molecule has 0 radical (unpaired) electrons. The van der Waals surface area contributed by atoms with Crippen LogP contribution in [-0.4, -0.2) is 85.2 Å². The van der Waals surface area contributed by atoms with E-state index in [1.807, 2.05) is 23.5 Å². The summed E-state index contributed by atoms with van der Waals surface area (Å²) in [6, 6.07) is 0. The summed E-state index contributed by atoms with van der Waals surface area (Å²) in [6.07, 6.45) is 1.80. The molecule has 1 fully saturated rings. The molecule has 1 unspecified atom stereocenters. The SMILES string of the molecule is C=CCOCC1COCCSCCSCCSCCSCCO1. The van der Waals surface area contributed by atoms with Crippen molar-refractivity contribution in [3.63, 3.8) is 0 Å². The molecule has 7 heteroatoms. The van der Waals surface area contributed by atoms with Crippen LogP contribution >= 0.6 is 47.0 Å². The molecule has 0 aromatic carbocycles. The van der Waals surface area contributed by atoms with Gasteiger partial charge in [-0.3, -0.25) is 0 Å². The molecule has 0 amide bonds. The van der Waals surface area contributed by atoms with Crippen LogP contribution in [0, 0.1) is 0 Å². The van der Waals surface area contributed by atoms with Gasteiger partial charge in [0, 0.05) is 46.0 Å². The molecular formula is C16H30O3S4. The standard InChI is InChI=1S/C16H30O3S4/c1-2-3-17-14-16-15-18-4-6-20-8-10-22-12-13-23-11-9-21-7-5-19-16/h2,16H,1,3-15H2. The van der Waals surface area contributed by atoms with Crippen molar-refractivity contribution >= 4 is 47.0 Å². The zero-order chi connectivity index (χ0) is 16.4. The van der Waals surface area contributed by atoms with Gasteiger partial charge in [0.15, 0.2) is 0 Å². The second-order valence-electron chi connectivity index (χ2n) is 4.84. The summed E-state index contributed by atoms with van der Waals surface area (Å²) in [7, 11) is 0. The smallest absolute Gasteiger partial charge is 0.104 e. The van der Waals surface area contributed by atoms with Crippen LogP contribution in [0.2, 0.25) is 0 Å². The van der Waals surface area contributed by atoms with Gasteiger partial charge in [0.1, 0.15) is 6.10 Å². The summed E-state index contributed by atoms with van der Waals surface area (Å²) in [6.45, 7) is 7.00. The van der Waals surface area contributed by atoms with Gasteiger partial charge in [-0.1, -0.05) is 6.08 Å². The zero-order valence-electron chi connectivity index (χ0n) is 13.9. The maximum absolute atomic E-state index is 5.91. The molecule has 23 heavy (non-hydrogen) atoms. The molecular weight excluding hydrogens is 368 g/mol. The largest absolute Gasteiger partial charge is 0.378 e. The second kappa shape index (κ2) is 17.8. The van der Waals surface area contributed by atoms with Gasteiger partial charge in [0.2, 0.25) is 0 Å². The van der Waals surface area contributed by atoms with E-state index in [0.29, 0.717) is 19.8 Å². The summed E-state index contributed by atoms with van der Waals surface area (Å²) in [5.41, 5.74) is 0. The summed E-state index contributed by atoms with van der Waals surface area (Å²) < 4.78 is 17.2. The number of ether oxygens (including phenoxy) is 3. The van der Waals surface area contributed by atoms with E-state index in [2.05, 4.69) is 30.1 Å². The fourth-order valence-electron chi connectivity index (χ4n) is 1.80. The molecule has 0 aliphatic carbocycles. The Morgan fingerprint density at radius 3 is 2.04 bits per heavy atom. The summed E-state index contributed by atoms with van der Waals surface area (Å²) >= 11 is 8.10. The van der Waals surface area contributed by atoms with Gasteiger partial charge in [-0.05, 0) is 0 Å². The Balaban J connectivity index is 2.22. The maximum Gasteiger partial charge on any atom is 0.104 e. The summed E-state index contributed by atoms with van der Waals surface area (Å²) in [4.78, 5) is 0. The van der Waals surface area contributed by atoms with Gasteiger partial charge < -0.3 is 14.2 Å². The molecule has 1 aliphatic heterocycles. The van der Waals surface area contributed by atoms with Crippen molar-refractivity contribution < 1.29 is 14.2 Å². The van der Waals surface area contributed by atoms with Crippen LogP contribution in [0.4, 0.5) is 0 Å². The Morgan fingerprint density at radius 1 is 0.870 bits per heavy atom. The molecule has 136 valence electrons. The Labute approximate surface area is 158 Å². The lowest BCUT2D eigenvalue weighted by Gasteiger charge is -2.18. The fourth-order valence-corrected chi connectivity index (χ4v) is 5.89. The molecule has 1 atom stereocenters. The molecule has 0 N–H and O–H groups in total. The molecule has 1 rings (SSSR count). The number of hydrogen-bond acceptors (Lipinski definition) is 7. The average molecular weight is 399 g/mol. The van der Waals surface area contributed by atoms with Gasteiger partial charge in [-0.25, -0.2) is 0 Å². The highest BCUT2D eigenvalue weighted by Crippen LogP contribution is 2.12. The number of rotatable bonds is 4. The quantitative estimate of drug-likeness (QED) is 0.528. The van der Waals surface area contributed by atoms with E-state index < -0.39 is 0 Å². The van der Waals surface area contributed by atoms with Crippen molar-refractivity contribution in [2.75, 3.05) is 79.1 Å². The van der Waals surface area contributed by atoms with Crippen LogP contribution in [0.15, 0.2) is 12.7 Å². The lowest BCUT2D eigenvalue weighted by molar-refractivity contribution is -0.0488. The van der Waals surface area contributed by atoms with E-state index in [4.69, 9.17) is 14.2 Å². The number of thioether (sulfide) groups is 4. The summed E-state index contributed by atoms with van der Waals surface area (Å²) in [5, 5.41) is 0. The Morgan fingerprint density at radius 2 is 1.43 bits per heavy atom. The molecule has 1 heterocycles. The predicted octanol–water partition coefficient (Wildman–Crippen LogP) is 3.54. The maximum atomic E-state index is 5.91. The molecule has 0 bridgehead atoms. The van der Waals surface area contributed by atoms with E-state index >= 15 is 0 Å². The van der Waals surface area contributed by atoms with Crippen molar-refractivity contribution in [3.05, 3.63) is 12.7 Å². The van der Waals surface area contributed by atoms with Gasteiger partial charge >= 0.3 is 0 Å². The first-order valence-electron chi connectivity index (χ1n) is 8.12. The topological polar surface area (TPSA) is 27.7 Å². The molecule has 1 aliphatic rings. The number of hydrogen-bond donors (Lipinski definition) is 0. The third-order valence-corrected chi connectivity index (χ3v) is 7.56. The Kier molecular flexibility index (Phi) is 17.1. The minimum atomic E-state index is 0.0318. The van der Waals surface area contributed by atoms with Gasteiger partial charge in [0.25, 0.3) is 0 Å². The normalized spacial score (nSPS) is 24.4. The lowest BCUT2D eigenvalue weighted by Crippen LogP contribution is -2.27. The Bertz CT molecular complexity index is 252. The third kappa shape index (κ3) is 15.0. The third-order valence-electron chi connectivity index (χ3n) is 2.91. The van der Waals surface area contributed by atoms with Gasteiger partial charge in [0.05, 0.1) is 33.0 Å². The molecule has 0 saturated carbocycles. The van der Waals surface area contributed by atoms with E-state index in [1.54, 1.807) is 6.08 Å². The van der Waals surface area contributed by atoms with Gasteiger partial charge in [-0.2, -0.15) is 47.0 Å². The highest BCUT2D eigenvalue weighted by Gasteiger charge is 2.10. The fraction of sp³-hybridized carbons (Fsp3) is 0.875. The molecule has 1 saturated heterocycles. The monoisotopic (exact) mass is 398 g/mol. The van der Waals surface area contributed by atoms with Crippen LogP contribution in [0.5, 0.6) is 0 Å². The second-order valence-corrected chi connectivity index (χ2v) is 9.74.